The van der Waals surface area contributed by atoms with Crippen molar-refractivity contribution in [2.45, 2.75) is 27.2 Å². The van der Waals surface area contributed by atoms with Crippen LogP contribution in [0.4, 0.5) is 17.1 Å². The number of anilines is 2. The zero-order valence-corrected chi connectivity index (χ0v) is 16.5. The predicted octanol–water partition coefficient (Wildman–Crippen LogP) is 4.44. The van der Waals surface area contributed by atoms with Gasteiger partial charge in [-0.1, -0.05) is 32.4 Å². The molecule has 0 aliphatic carbocycles. The van der Waals surface area contributed by atoms with Crippen LogP contribution in [0.3, 0.4) is 0 Å². The molecule has 1 N–H and O–H groups in total. The van der Waals surface area contributed by atoms with Gasteiger partial charge in [-0.25, -0.2) is 0 Å². The molecule has 7 nitrogen and oxygen atoms in total. The largest absolute Gasteiger partial charge is 0.322 e. The third-order valence-electron chi connectivity index (χ3n) is 4.52. The Kier molecular flexibility index (Phi) is 5.12. The van der Waals surface area contributed by atoms with E-state index in [9.17, 15) is 19.7 Å². The molecule has 28 heavy (non-hydrogen) atoms. The van der Waals surface area contributed by atoms with Crippen molar-refractivity contribution in [2.75, 3.05) is 16.8 Å². The molecule has 0 saturated heterocycles. The van der Waals surface area contributed by atoms with E-state index >= 15 is 0 Å². The fraction of sp³-hybridized carbons (Fsp3) is 0.300. The molecule has 8 heteroatoms. The zero-order chi connectivity index (χ0) is 20.6. The van der Waals surface area contributed by atoms with Crippen LogP contribution < -0.4 is 10.2 Å². The maximum atomic E-state index is 12.6. The summed E-state index contributed by atoms with van der Waals surface area (Å²) in [7, 11) is 0. The van der Waals surface area contributed by atoms with Gasteiger partial charge in [-0.15, -0.1) is 0 Å². The number of halogens is 1. The van der Waals surface area contributed by atoms with Crippen molar-refractivity contribution >= 4 is 40.5 Å². The Morgan fingerprint density at radius 2 is 1.89 bits per heavy atom. The van der Waals surface area contributed by atoms with Crippen molar-refractivity contribution in [3.8, 4) is 0 Å². The number of hydrogen-bond acceptors (Lipinski definition) is 4. The molecule has 1 aliphatic rings. The van der Waals surface area contributed by atoms with Crippen molar-refractivity contribution < 1.29 is 14.5 Å². The molecular formula is C20H20ClN3O4. The SMILES string of the molecule is CC(C)(C)C(=O)N1CCc2cc(NC(=O)c3ccc(Cl)c([N+](=O)[O-])c3)ccc21. The van der Waals surface area contributed by atoms with E-state index in [-0.39, 0.29) is 22.2 Å². The Labute approximate surface area is 167 Å². The van der Waals surface area contributed by atoms with Gasteiger partial charge in [-0.2, -0.15) is 0 Å². The van der Waals surface area contributed by atoms with Crippen molar-refractivity contribution in [3.05, 3.63) is 62.7 Å². The fourth-order valence-corrected chi connectivity index (χ4v) is 3.28. The molecule has 1 heterocycles. The number of rotatable bonds is 3. The molecule has 1 aliphatic heterocycles. The standard InChI is InChI=1S/C20H20ClN3O4/c1-20(2,3)19(26)23-9-8-12-10-14(5-7-16(12)23)22-18(25)13-4-6-15(21)17(11-13)24(27)28/h4-7,10-11H,8-9H2,1-3H3,(H,22,25). The highest BCUT2D eigenvalue weighted by molar-refractivity contribution is 6.32. The molecular weight excluding hydrogens is 382 g/mol. The molecule has 0 spiro atoms. The van der Waals surface area contributed by atoms with Gasteiger partial charge in [0.25, 0.3) is 11.6 Å². The van der Waals surface area contributed by atoms with Crippen LogP contribution in [0.1, 0.15) is 36.7 Å². The molecule has 0 saturated carbocycles. The van der Waals surface area contributed by atoms with Crippen LogP contribution >= 0.6 is 11.6 Å². The lowest BCUT2D eigenvalue weighted by atomic mass is 9.94. The van der Waals surface area contributed by atoms with Gasteiger partial charge in [0.1, 0.15) is 5.02 Å². The summed E-state index contributed by atoms with van der Waals surface area (Å²) in [5.41, 5.74) is 1.72. The molecule has 2 amide bonds. The van der Waals surface area contributed by atoms with Crippen LogP contribution in [0.5, 0.6) is 0 Å². The maximum absolute atomic E-state index is 12.6. The van der Waals surface area contributed by atoms with Crippen LogP contribution in [-0.2, 0) is 11.2 Å². The Balaban J connectivity index is 1.80. The zero-order valence-electron chi connectivity index (χ0n) is 15.8. The first-order valence-electron chi connectivity index (χ1n) is 8.78. The predicted molar refractivity (Wildman–Crippen MR) is 108 cm³/mol. The Morgan fingerprint density at radius 3 is 2.54 bits per heavy atom. The first-order chi connectivity index (χ1) is 13.1. The van der Waals surface area contributed by atoms with Gasteiger partial charge in [0.2, 0.25) is 5.91 Å². The summed E-state index contributed by atoms with van der Waals surface area (Å²) in [5, 5.41) is 13.7. The summed E-state index contributed by atoms with van der Waals surface area (Å²) < 4.78 is 0. The first kappa shape index (κ1) is 19.8. The van der Waals surface area contributed by atoms with Gasteiger partial charge >= 0.3 is 0 Å². The lowest BCUT2D eigenvalue weighted by Crippen LogP contribution is -2.38. The molecule has 0 atom stereocenters. The second-order valence-electron chi connectivity index (χ2n) is 7.68. The van der Waals surface area contributed by atoms with Gasteiger partial charge in [0.15, 0.2) is 0 Å². The van der Waals surface area contributed by atoms with E-state index in [1.807, 2.05) is 32.9 Å². The lowest BCUT2D eigenvalue weighted by molar-refractivity contribution is -0.384. The van der Waals surface area contributed by atoms with Crippen molar-refractivity contribution in [3.63, 3.8) is 0 Å². The number of nitro benzene ring substituents is 1. The normalized spacial score (nSPS) is 13.2. The summed E-state index contributed by atoms with van der Waals surface area (Å²) in [6.07, 6.45) is 0.702. The van der Waals surface area contributed by atoms with Gasteiger partial charge in [-0.05, 0) is 42.3 Å². The highest BCUT2D eigenvalue weighted by Crippen LogP contribution is 2.34. The minimum absolute atomic E-state index is 0.0253. The van der Waals surface area contributed by atoms with Gasteiger partial charge < -0.3 is 10.2 Å². The van der Waals surface area contributed by atoms with Crippen LogP contribution in [0.2, 0.25) is 5.02 Å². The molecule has 2 aromatic carbocycles. The van der Waals surface area contributed by atoms with E-state index in [4.69, 9.17) is 11.6 Å². The molecule has 0 radical (unpaired) electrons. The van der Waals surface area contributed by atoms with E-state index in [1.165, 1.54) is 12.1 Å². The number of nitrogens with one attached hydrogen (secondary N) is 1. The summed E-state index contributed by atoms with van der Waals surface area (Å²) in [6, 6.07) is 9.26. The minimum Gasteiger partial charge on any atom is -0.322 e. The number of nitro groups is 1. The molecule has 2 aromatic rings. The van der Waals surface area contributed by atoms with E-state index in [0.717, 1.165) is 17.3 Å². The third-order valence-corrected chi connectivity index (χ3v) is 4.84. The van der Waals surface area contributed by atoms with Gasteiger partial charge in [0, 0.05) is 35.0 Å². The number of carbonyl (C=O) groups excluding carboxylic acids is 2. The van der Waals surface area contributed by atoms with Crippen LogP contribution in [0, 0.1) is 15.5 Å². The van der Waals surface area contributed by atoms with Crippen LogP contribution in [0.25, 0.3) is 0 Å². The number of amides is 2. The summed E-state index contributed by atoms with van der Waals surface area (Å²) in [5.74, 6) is -0.420. The molecule has 3 rings (SSSR count). The fourth-order valence-electron chi connectivity index (χ4n) is 3.09. The van der Waals surface area contributed by atoms with Crippen LogP contribution in [-0.4, -0.2) is 23.3 Å². The van der Waals surface area contributed by atoms with Gasteiger partial charge in [-0.3, -0.25) is 19.7 Å². The van der Waals surface area contributed by atoms with Crippen LogP contribution in [0.15, 0.2) is 36.4 Å². The Morgan fingerprint density at radius 1 is 1.18 bits per heavy atom. The third kappa shape index (κ3) is 3.84. The topological polar surface area (TPSA) is 92.6 Å². The van der Waals surface area contributed by atoms with Crippen molar-refractivity contribution in [2.24, 2.45) is 5.41 Å². The monoisotopic (exact) mass is 401 g/mol. The summed E-state index contributed by atoms with van der Waals surface area (Å²) in [4.78, 5) is 37.2. The van der Waals surface area contributed by atoms with Crippen molar-refractivity contribution in [1.82, 2.24) is 0 Å². The lowest BCUT2D eigenvalue weighted by Gasteiger charge is -2.26. The molecule has 0 bridgehead atoms. The van der Waals surface area contributed by atoms with E-state index in [0.29, 0.717) is 18.7 Å². The highest BCUT2D eigenvalue weighted by atomic mass is 35.5. The second-order valence-corrected chi connectivity index (χ2v) is 8.08. The number of benzene rings is 2. The number of carbonyl (C=O) groups is 2. The molecule has 146 valence electrons. The van der Waals surface area contributed by atoms with Gasteiger partial charge in [0.05, 0.1) is 4.92 Å². The highest BCUT2D eigenvalue weighted by Gasteiger charge is 2.32. The minimum atomic E-state index is -0.630. The van der Waals surface area contributed by atoms with E-state index in [2.05, 4.69) is 5.32 Å². The first-order valence-corrected chi connectivity index (χ1v) is 9.16. The van der Waals surface area contributed by atoms with Crippen molar-refractivity contribution in [1.29, 1.82) is 0 Å². The van der Waals surface area contributed by atoms with E-state index < -0.39 is 16.2 Å². The maximum Gasteiger partial charge on any atom is 0.288 e. The molecule has 0 fully saturated rings. The average molecular weight is 402 g/mol. The average Bonchev–Trinajstić information content (AvgIpc) is 3.03. The summed E-state index contributed by atoms with van der Waals surface area (Å²) >= 11 is 5.79. The quantitative estimate of drug-likeness (QED) is 0.608. The number of nitrogens with zero attached hydrogens (tertiary/aromatic N) is 2. The smallest absolute Gasteiger partial charge is 0.288 e. The number of fused-ring (bicyclic) bond motifs is 1. The second kappa shape index (κ2) is 7.24. The Bertz CT molecular complexity index is 982. The summed E-state index contributed by atoms with van der Waals surface area (Å²) in [6.45, 7) is 6.25. The van der Waals surface area contributed by atoms with E-state index in [1.54, 1.807) is 11.0 Å². The Hall–Kier alpha value is -2.93. The number of hydrogen-bond donors (Lipinski definition) is 1. The molecule has 0 unspecified atom stereocenters. The molecule has 0 aromatic heterocycles.